The molecule has 0 unspecified atom stereocenters. The summed E-state index contributed by atoms with van der Waals surface area (Å²) < 4.78 is 0. The maximum atomic E-state index is 12.3. The third-order valence-electron chi connectivity index (χ3n) is 4.51. The number of likely N-dealkylation sites (tertiary alicyclic amines) is 1. The molecule has 0 atom stereocenters. The normalized spacial score (nSPS) is 17.3. The molecular weight excluding hydrogens is 268 g/mol. The van der Waals surface area contributed by atoms with Crippen LogP contribution in [-0.4, -0.2) is 35.1 Å². The van der Waals surface area contributed by atoms with Crippen LogP contribution in [0.1, 0.15) is 43.5 Å². The Labute approximate surface area is 125 Å². The number of rotatable bonds is 3. The van der Waals surface area contributed by atoms with Crippen LogP contribution in [0.4, 0.5) is 10.5 Å². The quantitative estimate of drug-likeness (QED) is 0.896. The van der Waals surface area contributed by atoms with Crippen molar-refractivity contribution >= 4 is 17.7 Å². The molecule has 114 valence electrons. The lowest BCUT2D eigenvalue weighted by molar-refractivity contribution is 0.0698. The van der Waals surface area contributed by atoms with Gasteiger partial charge in [-0.25, -0.2) is 9.59 Å². The van der Waals surface area contributed by atoms with Crippen molar-refractivity contribution in [2.45, 2.75) is 33.1 Å². The first-order valence-electron chi connectivity index (χ1n) is 7.33. The van der Waals surface area contributed by atoms with E-state index < -0.39 is 5.97 Å². The maximum absolute atomic E-state index is 12.3. The molecule has 1 aliphatic heterocycles. The molecule has 0 radical (unpaired) electrons. The number of carbonyl (C=O) groups excluding carboxylic acids is 1. The van der Waals surface area contributed by atoms with E-state index in [1.54, 1.807) is 23.1 Å². The van der Waals surface area contributed by atoms with Gasteiger partial charge >= 0.3 is 12.0 Å². The second-order valence-corrected chi connectivity index (χ2v) is 5.93. The van der Waals surface area contributed by atoms with Gasteiger partial charge in [0.25, 0.3) is 0 Å². The Hall–Kier alpha value is -2.04. The summed E-state index contributed by atoms with van der Waals surface area (Å²) in [6.07, 6.45) is 3.08. The van der Waals surface area contributed by atoms with Crippen LogP contribution >= 0.6 is 0 Å². The van der Waals surface area contributed by atoms with Crippen LogP contribution in [-0.2, 0) is 0 Å². The van der Waals surface area contributed by atoms with Gasteiger partial charge in [-0.3, -0.25) is 0 Å². The van der Waals surface area contributed by atoms with Crippen LogP contribution in [0.15, 0.2) is 24.3 Å². The minimum atomic E-state index is -1.04. The van der Waals surface area contributed by atoms with Gasteiger partial charge < -0.3 is 15.3 Å². The smallest absolute Gasteiger partial charge is 0.337 e. The van der Waals surface area contributed by atoms with Crippen molar-refractivity contribution in [2.24, 2.45) is 5.41 Å². The molecule has 1 heterocycles. The number of carboxylic acid groups (broad SMARTS) is 1. The predicted octanol–water partition coefficient (Wildman–Crippen LogP) is 3.43. The molecular formula is C16H22N2O3. The van der Waals surface area contributed by atoms with Crippen LogP contribution in [0.3, 0.4) is 0 Å². The van der Waals surface area contributed by atoms with Crippen molar-refractivity contribution in [1.82, 2.24) is 4.90 Å². The summed E-state index contributed by atoms with van der Waals surface area (Å²) in [7, 11) is 0. The van der Waals surface area contributed by atoms with Gasteiger partial charge in [0.15, 0.2) is 0 Å². The van der Waals surface area contributed by atoms with Crippen LogP contribution in [0.25, 0.3) is 0 Å². The number of anilines is 1. The van der Waals surface area contributed by atoms with Crippen LogP contribution in [0.2, 0.25) is 0 Å². The number of amides is 2. The number of urea groups is 1. The monoisotopic (exact) mass is 290 g/mol. The van der Waals surface area contributed by atoms with E-state index >= 15 is 0 Å². The Morgan fingerprint density at radius 1 is 1.29 bits per heavy atom. The second kappa shape index (κ2) is 6.16. The second-order valence-electron chi connectivity index (χ2n) is 5.93. The molecule has 2 N–H and O–H groups in total. The number of carbonyl (C=O) groups is 2. The van der Waals surface area contributed by atoms with Gasteiger partial charge in [-0.15, -0.1) is 0 Å². The lowest BCUT2D eigenvalue weighted by atomic mass is 9.78. The van der Waals surface area contributed by atoms with Crippen molar-refractivity contribution < 1.29 is 14.7 Å². The zero-order chi connectivity index (χ0) is 15.5. The highest BCUT2D eigenvalue weighted by Gasteiger charge is 2.30. The number of benzene rings is 1. The first-order valence-corrected chi connectivity index (χ1v) is 7.33. The summed E-state index contributed by atoms with van der Waals surface area (Å²) in [6.45, 7) is 5.86. The fourth-order valence-corrected chi connectivity index (χ4v) is 2.58. The Bertz CT molecular complexity index is 534. The van der Waals surface area contributed by atoms with E-state index in [9.17, 15) is 9.59 Å². The van der Waals surface area contributed by atoms with Gasteiger partial charge in [0.1, 0.15) is 0 Å². The van der Waals surface area contributed by atoms with Crippen LogP contribution < -0.4 is 5.32 Å². The zero-order valence-corrected chi connectivity index (χ0v) is 12.6. The van der Waals surface area contributed by atoms with E-state index in [0.29, 0.717) is 24.2 Å². The minimum absolute atomic E-state index is 0.112. The summed E-state index contributed by atoms with van der Waals surface area (Å²) in [5.74, 6) is -1.04. The van der Waals surface area contributed by atoms with E-state index in [1.807, 2.05) is 0 Å². The van der Waals surface area contributed by atoms with Gasteiger partial charge in [-0.05, 0) is 30.4 Å². The summed E-state index contributed by atoms with van der Waals surface area (Å²) in [6, 6.07) is 6.24. The molecule has 0 spiro atoms. The number of hydrogen-bond donors (Lipinski definition) is 2. The third kappa shape index (κ3) is 3.54. The van der Waals surface area contributed by atoms with Crippen LogP contribution in [0.5, 0.6) is 0 Å². The number of aromatic carboxylic acids is 1. The van der Waals surface area contributed by atoms with Crippen molar-refractivity contribution in [1.29, 1.82) is 0 Å². The molecule has 0 aromatic heterocycles. The van der Waals surface area contributed by atoms with Crippen molar-refractivity contribution in [3.63, 3.8) is 0 Å². The first-order chi connectivity index (χ1) is 9.95. The lowest BCUT2D eigenvalue weighted by Crippen LogP contribution is -2.44. The molecule has 2 amide bonds. The van der Waals surface area contributed by atoms with Gasteiger partial charge in [0, 0.05) is 13.1 Å². The average Bonchev–Trinajstić information content (AvgIpc) is 2.48. The topological polar surface area (TPSA) is 69.6 Å². The Morgan fingerprint density at radius 3 is 2.48 bits per heavy atom. The summed E-state index contributed by atoms with van der Waals surface area (Å²) >= 11 is 0. The zero-order valence-electron chi connectivity index (χ0n) is 12.6. The lowest BCUT2D eigenvalue weighted by Gasteiger charge is -2.38. The largest absolute Gasteiger partial charge is 0.478 e. The standard InChI is InChI=1S/C16H22N2O3/c1-3-16(2)8-10-18(11-9-16)15(21)17-13-7-5-4-6-12(13)14(19)20/h4-7H,3,8-11H2,1-2H3,(H,17,21)(H,19,20). The number of nitrogens with one attached hydrogen (secondary N) is 1. The van der Waals surface area contributed by atoms with Gasteiger partial charge in [0.05, 0.1) is 11.3 Å². The molecule has 5 heteroatoms. The SMILES string of the molecule is CCC1(C)CCN(C(=O)Nc2ccccc2C(=O)O)CC1. The van der Waals surface area contributed by atoms with E-state index in [2.05, 4.69) is 19.2 Å². The molecule has 0 saturated carbocycles. The average molecular weight is 290 g/mol. The number of hydrogen-bond acceptors (Lipinski definition) is 2. The molecule has 5 nitrogen and oxygen atoms in total. The van der Waals surface area contributed by atoms with Gasteiger partial charge in [-0.1, -0.05) is 32.4 Å². The highest BCUT2D eigenvalue weighted by Crippen LogP contribution is 2.34. The molecule has 0 aliphatic carbocycles. The van der Waals surface area contributed by atoms with Gasteiger partial charge in [-0.2, -0.15) is 0 Å². The van der Waals surface area contributed by atoms with Crippen molar-refractivity contribution in [3.8, 4) is 0 Å². The molecule has 1 fully saturated rings. The molecule has 1 saturated heterocycles. The Kier molecular flexibility index (Phi) is 4.50. The predicted molar refractivity (Wildman–Crippen MR) is 81.6 cm³/mol. The summed E-state index contributed by atoms with van der Waals surface area (Å²) in [4.78, 5) is 25.2. The molecule has 2 rings (SSSR count). The number of para-hydroxylation sites is 1. The number of nitrogens with zero attached hydrogens (tertiary/aromatic N) is 1. The highest BCUT2D eigenvalue weighted by molar-refractivity contribution is 5.99. The molecule has 1 aromatic rings. The van der Waals surface area contributed by atoms with E-state index in [1.165, 1.54) is 6.07 Å². The Morgan fingerprint density at radius 2 is 1.90 bits per heavy atom. The molecule has 1 aliphatic rings. The minimum Gasteiger partial charge on any atom is -0.478 e. The van der Waals surface area contributed by atoms with Crippen molar-refractivity contribution in [3.05, 3.63) is 29.8 Å². The molecule has 1 aromatic carbocycles. The molecule has 0 bridgehead atoms. The van der Waals surface area contributed by atoms with Crippen LogP contribution in [0, 0.1) is 5.41 Å². The fourth-order valence-electron chi connectivity index (χ4n) is 2.58. The van der Waals surface area contributed by atoms with Gasteiger partial charge in [0.2, 0.25) is 0 Å². The van der Waals surface area contributed by atoms with E-state index in [4.69, 9.17) is 5.11 Å². The Balaban J connectivity index is 2.02. The summed E-state index contributed by atoms with van der Waals surface area (Å²) in [5, 5.41) is 11.8. The van der Waals surface area contributed by atoms with E-state index in [0.717, 1.165) is 19.3 Å². The third-order valence-corrected chi connectivity index (χ3v) is 4.51. The van der Waals surface area contributed by atoms with Crippen molar-refractivity contribution in [2.75, 3.05) is 18.4 Å². The number of carboxylic acids is 1. The first kappa shape index (κ1) is 15.4. The highest BCUT2D eigenvalue weighted by atomic mass is 16.4. The maximum Gasteiger partial charge on any atom is 0.337 e. The van der Waals surface area contributed by atoms with E-state index in [-0.39, 0.29) is 11.6 Å². The molecule has 21 heavy (non-hydrogen) atoms. The summed E-state index contributed by atoms with van der Waals surface area (Å²) in [5.41, 5.74) is 0.774. The fraction of sp³-hybridized carbons (Fsp3) is 0.500. The number of piperidine rings is 1.